The molecule has 0 radical (unpaired) electrons. The molecule has 1 fully saturated rings. The van der Waals surface area contributed by atoms with E-state index in [0.717, 1.165) is 16.7 Å². The van der Waals surface area contributed by atoms with E-state index in [4.69, 9.17) is 5.11 Å². The molecule has 0 aliphatic carbocycles. The summed E-state index contributed by atoms with van der Waals surface area (Å²) in [7, 11) is 0. The molecular formula is C12H14N2O3. The summed E-state index contributed by atoms with van der Waals surface area (Å²) in [6, 6.07) is 3.87. The Morgan fingerprint density at radius 3 is 2.59 bits per heavy atom. The Balaban J connectivity index is 2.38. The Morgan fingerprint density at radius 1 is 1.29 bits per heavy atom. The first kappa shape index (κ1) is 11.4. The smallest absolute Gasteiger partial charge is 0.328 e. The van der Waals surface area contributed by atoms with Crippen molar-refractivity contribution in [3.05, 3.63) is 34.9 Å². The second kappa shape index (κ2) is 4.08. The summed E-state index contributed by atoms with van der Waals surface area (Å²) in [6.07, 6.45) is 0. The van der Waals surface area contributed by atoms with Crippen LogP contribution in [0.25, 0.3) is 0 Å². The lowest BCUT2D eigenvalue weighted by molar-refractivity contribution is -0.139. The summed E-state index contributed by atoms with van der Waals surface area (Å²) < 4.78 is 0. The number of carboxylic acid groups (broad SMARTS) is 1. The van der Waals surface area contributed by atoms with E-state index in [-0.39, 0.29) is 0 Å². The third-order valence-corrected chi connectivity index (χ3v) is 2.93. The van der Waals surface area contributed by atoms with Crippen LogP contribution < -0.4 is 10.6 Å². The predicted octanol–water partition coefficient (Wildman–Crippen LogP) is 1.11. The fourth-order valence-corrected chi connectivity index (χ4v) is 2.13. The minimum Gasteiger partial charge on any atom is -0.480 e. The number of aliphatic carboxylic acids is 1. The molecule has 17 heavy (non-hydrogen) atoms. The zero-order chi connectivity index (χ0) is 12.6. The van der Waals surface area contributed by atoms with E-state index in [1.807, 2.05) is 32.0 Å². The van der Waals surface area contributed by atoms with Gasteiger partial charge < -0.3 is 15.7 Å². The molecule has 3 N–H and O–H groups in total. The van der Waals surface area contributed by atoms with E-state index >= 15 is 0 Å². The molecule has 5 nitrogen and oxygen atoms in total. The van der Waals surface area contributed by atoms with Crippen molar-refractivity contribution in [1.82, 2.24) is 10.6 Å². The number of aryl methyl sites for hydroxylation is 2. The number of amides is 2. The van der Waals surface area contributed by atoms with Gasteiger partial charge in [0, 0.05) is 0 Å². The fourth-order valence-electron chi connectivity index (χ4n) is 2.13. The van der Waals surface area contributed by atoms with E-state index in [9.17, 15) is 9.59 Å². The Morgan fingerprint density at radius 2 is 2.00 bits per heavy atom. The number of carbonyl (C=O) groups excluding carboxylic acids is 1. The molecule has 0 bridgehead atoms. The number of urea groups is 1. The van der Waals surface area contributed by atoms with E-state index in [1.54, 1.807) is 0 Å². The van der Waals surface area contributed by atoms with Gasteiger partial charge in [-0.1, -0.05) is 23.8 Å². The Kier molecular flexibility index (Phi) is 2.75. The second-order valence-electron chi connectivity index (χ2n) is 4.27. The van der Waals surface area contributed by atoms with Crippen LogP contribution in [0.5, 0.6) is 0 Å². The molecule has 5 heteroatoms. The summed E-state index contributed by atoms with van der Waals surface area (Å²) in [5.41, 5.74) is 2.92. The van der Waals surface area contributed by atoms with Gasteiger partial charge in [-0.25, -0.2) is 9.59 Å². The first-order chi connectivity index (χ1) is 7.99. The molecule has 1 aromatic rings. The zero-order valence-electron chi connectivity index (χ0n) is 9.65. The maximum atomic E-state index is 11.2. The normalized spacial score (nSPS) is 23.1. The number of carboxylic acids is 1. The van der Waals surface area contributed by atoms with Crippen molar-refractivity contribution in [2.24, 2.45) is 0 Å². The number of hydrogen-bond donors (Lipinski definition) is 3. The third kappa shape index (κ3) is 2.08. The first-order valence-corrected chi connectivity index (χ1v) is 5.36. The van der Waals surface area contributed by atoms with Gasteiger partial charge in [-0.05, 0) is 25.0 Å². The van der Waals surface area contributed by atoms with E-state index < -0.39 is 24.1 Å². The third-order valence-electron chi connectivity index (χ3n) is 2.93. The SMILES string of the molecule is Cc1ccc(C2NC(=O)NC2C(=O)O)c(C)c1. The quantitative estimate of drug-likeness (QED) is 0.717. The van der Waals surface area contributed by atoms with Gasteiger partial charge in [0.15, 0.2) is 6.04 Å². The molecule has 0 spiro atoms. The van der Waals surface area contributed by atoms with Crippen LogP contribution in [-0.2, 0) is 4.79 Å². The maximum absolute atomic E-state index is 11.2. The number of rotatable bonds is 2. The van der Waals surface area contributed by atoms with Gasteiger partial charge in [-0.3, -0.25) is 0 Å². The van der Waals surface area contributed by atoms with E-state index in [1.165, 1.54) is 0 Å². The summed E-state index contributed by atoms with van der Waals surface area (Å²) in [5, 5.41) is 14.1. The van der Waals surface area contributed by atoms with Crippen molar-refractivity contribution >= 4 is 12.0 Å². The minimum absolute atomic E-state index is 0.442. The molecule has 2 amide bonds. The molecule has 1 heterocycles. The summed E-state index contributed by atoms with van der Waals surface area (Å²) in [4.78, 5) is 22.3. The van der Waals surface area contributed by atoms with Gasteiger partial charge in [0.25, 0.3) is 0 Å². The average molecular weight is 234 g/mol. The maximum Gasteiger partial charge on any atom is 0.328 e. The van der Waals surface area contributed by atoms with Crippen LogP contribution in [0.2, 0.25) is 0 Å². The van der Waals surface area contributed by atoms with Crippen LogP contribution in [0.15, 0.2) is 18.2 Å². The molecule has 1 saturated heterocycles. The van der Waals surface area contributed by atoms with Crippen LogP contribution in [0.1, 0.15) is 22.7 Å². The largest absolute Gasteiger partial charge is 0.480 e. The van der Waals surface area contributed by atoms with Gasteiger partial charge in [-0.2, -0.15) is 0 Å². The van der Waals surface area contributed by atoms with Gasteiger partial charge >= 0.3 is 12.0 Å². The lowest BCUT2D eigenvalue weighted by atomic mass is 9.95. The molecular weight excluding hydrogens is 220 g/mol. The highest BCUT2D eigenvalue weighted by molar-refractivity contribution is 5.87. The van der Waals surface area contributed by atoms with Crippen molar-refractivity contribution in [3.8, 4) is 0 Å². The molecule has 90 valence electrons. The Bertz CT molecular complexity index is 485. The monoisotopic (exact) mass is 234 g/mol. The van der Waals surface area contributed by atoms with Crippen LogP contribution in [0, 0.1) is 13.8 Å². The summed E-state index contributed by atoms with van der Waals surface area (Å²) >= 11 is 0. The van der Waals surface area contributed by atoms with Crippen LogP contribution >= 0.6 is 0 Å². The lowest BCUT2D eigenvalue weighted by Crippen LogP contribution is -2.36. The van der Waals surface area contributed by atoms with E-state index in [0.29, 0.717) is 0 Å². The van der Waals surface area contributed by atoms with Gasteiger partial charge in [0.2, 0.25) is 0 Å². The number of benzene rings is 1. The Hall–Kier alpha value is -2.04. The number of nitrogens with one attached hydrogen (secondary N) is 2. The van der Waals surface area contributed by atoms with Crippen molar-refractivity contribution in [2.75, 3.05) is 0 Å². The average Bonchev–Trinajstić information content (AvgIpc) is 2.60. The molecule has 1 aromatic carbocycles. The molecule has 2 atom stereocenters. The molecule has 1 aliphatic rings. The number of hydrogen-bond acceptors (Lipinski definition) is 2. The van der Waals surface area contributed by atoms with E-state index in [2.05, 4.69) is 10.6 Å². The molecule has 0 aromatic heterocycles. The van der Waals surface area contributed by atoms with Crippen LogP contribution in [0.3, 0.4) is 0 Å². The molecule has 0 saturated carbocycles. The van der Waals surface area contributed by atoms with Gasteiger partial charge in [0.1, 0.15) is 0 Å². The molecule has 2 unspecified atom stereocenters. The van der Waals surface area contributed by atoms with Gasteiger partial charge in [0.05, 0.1) is 6.04 Å². The van der Waals surface area contributed by atoms with Crippen LogP contribution in [-0.4, -0.2) is 23.1 Å². The van der Waals surface area contributed by atoms with Crippen molar-refractivity contribution in [2.45, 2.75) is 25.9 Å². The highest BCUT2D eigenvalue weighted by atomic mass is 16.4. The van der Waals surface area contributed by atoms with Gasteiger partial charge in [-0.15, -0.1) is 0 Å². The van der Waals surface area contributed by atoms with Crippen LogP contribution in [0.4, 0.5) is 4.79 Å². The standard InChI is InChI=1S/C12H14N2O3/c1-6-3-4-8(7(2)5-6)9-10(11(15)16)14-12(17)13-9/h3-5,9-10H,1-2H3,(H,15,16)(H2,13,14,17). The lowest BCUT2D eigenvalue weighted by Gasteiger charge is -2.17. The zero-order valence-corrected chi connectivity index (χ0v) is 9.65. The van der Waals surface area contributed by atoms with Crippen molar-refractivity contribution in [3.63, 3.8) is 0 Å². The predicted molar refractivity (Wildman–Crippen MR) is 61.7 cm³/mol. The fraction of sp³-hybridized carbons (Fsp3) is 0.333. The summed E-state index contributed by atoms with van der Waals surface area (Å²) in [5.74, 6) is -1.03. The molecule has 2 rings (SSSR count). The van der Waals surface area contributed by atoms with Crippen molar-refractivity contribution in [1.29, 1.82) is 0 Å². The Labute approximate surface area is 98.8 Å². The second-order valence-corrected chi connectivity index (χ2v) is 4.27. The highest BCUT2D eigenvalue weighted by Gasteiger charge is 2.38. The molecule has 1 aliphatic heterocycles. The minimum atomic E-state index is -1.03. The van der Waals surface area contributed by atoms with Crippen molar-refractivity contribution < 1.29 is 14.7 Å². The highest BCUT2D eigenvalue weighted by Crippen LogP contribution is 2.24. The first-order valence-electron chi connectivity index (χ1n) is 5.36. The topological polar surface area (TPSA) is 78.4 Å². The number of carbonyl (C=O) groups is 2. The summed E-state index contributed by atoms with van der Waals surface area (Å²) in [6.45, 7) is 3.88.